The predicted octanol–water partition coefficient (Wildman–Crippen LogP) is 1.33. The molecular weight excluding hydrogens is 210 g/mol. The molecular formula is C10H13N3O3. The van der Waals surface area contributed by atoms with E-state index in [1.807, 2.05) is 0 Å². The number of azide groups is 1. The first-order chi connectivity index (χ1) is 7.63. The third-order valence-corrected chi connectivity index (χ3v) is 2.53. The van der Waals surface area contributed by atoms with Crippen LogP contribution < -0.4 is 0 Å². The molecule has 0 heterocycles. The molecule has 0 amide bonds. The maximum atomic E-state index is 11.3. The van der Waals surface area contributed by atoms with Crippen molar-refractivity contribution in [2.75, 3.05) is 7.11 Å². The standard InChI is InChI=1S/C10H13N3O3/c1-3-6-4-7(10(15)16-2)5-8(9(6)14)12-13-11/h3-4,6,8-9,14H,1,5H2,2H3/t6-,8-,9-/m0/s1. The summed E-state index contributed by atoms with van der Waals surface area (Å²) in [7, 11) is 1.28. The fraction of sp³-hybridized carbons (Fsp3) is 0.500. The van der Waals surface area contributed by atoms with Crippen LogP contribution in [0, 0.1) is 5.92 Å². The van der Waals surface area contributed by atoms with E-state index < -0.39 is 24.0 Å². The Morgan fingerprint density at radius 1 is 1.88 bits per heavy atom. The summed E-state index contributed by atoms with van der Waals surface area (Å²) < 4.78 is 4.59. The molecule has 0 saturated carbocycles. The van der Waals surface area contributed by atoms with Crippen LogP contribution >= 0.6 is 0 Å². The number of esters is 1. The van der Waals surface area contributed by atoms with Crippen LogP contribution in [0.5, 0.6) is 0 Å². The van der Waals surface area contributed by atoms with Crippen LogP contribution in [0.2, 0.25) is 0 Å². The Hall–Kier alpha value is -1.78. The summed E-state index contributed by atoms with van der Waals surface area (Å²) >= 11 is 0. The van der Waals surface area contributed by atoms with Crippen LogP contribution in [0.15, 0.2) is 29.4 Å². The third-order valence-electron chi connectivity index (χ3n) is 2.53. The number of aliphatic hydroxyl groups is 1. The molecule has 0 unspecified atom stereocenters. The maximum Gasteiger partial charge on any atom is 0.333 e. The van der Waals surface area contributed by atoms with Gasteiger partial charge < -0.3 is 9.84 Å². The van der Waals surface area contributed by atoms with Gasteiger partial charge in [-0.15, -0.1) is 6.58 Å². The molecule has 0 saturated heterocycles. The molecule has 3 atom stereocenters. The SMILES string of the molecule is C=C[C@H]1C=C(C(=O)OC)C[C@H](N=[N+]=[N-])[C@H]1O. The van der Waals surface area contributed by atoms with Crippen LogP contribution in [0.25, 0.3) is 10.4 Å². The van der Waals surface area contributed by atoms with E-state index >= 15 is 0 Å². The molecule has 1 N–H and O–H groups in total. The van der Waals surface area contributed by atoms with E-state index in [-0.39, 0.29) is 6.42 Å². The molecule has 86 valence electrons. The number of hydrogen-bond acceptors (Lipinski definition) is 4. The van der Waals surface area contributed by atoms with Gasteiger partial charge in [0.1, 0.15) is 0 Å². The lowest BCUT2D eigenvalue weighted by molar-refractivity contribution is -0.136. The Balaban J connectivity index is 3.00. The van der Waals surface area contributed by atoms with Crippen LogP contribution in [-0.4, -0.2) is 30.3 Å². The monoisotopic (exact) mass is 223 g/mol. The fourth-order valence-corrected chi connectivity index (χ4v) is 1.67. The van der Waals surface area contributed by atoms with Gasteiger partial charge in [-0.2, -0.15) is 0 Å². The van der Waals surface area contributed by atoms with Gasteiger partial charge in [0.2, 0.25) is 0 Å². The van der Waals surface area contributed by atoms with Gasteiger partial charge in [0.15, 0.2) is 0 Å². The van der Waals surface area contributed by atoms with E-state index in [2.05, 4.69) is 21.3 Å². The van der Waals surface area contributed by atoms with Crippen molar-refractivity contribution in [1.29, 1.82) is 0 Å². The molecule has 0 aromatic heterocycles. The molecule has 0 aromatic rings. The van der Waals surface area contributed by atoms with Gasteiger partial charge in [-0.3, -0.25) is 0 Å². The van der Waals surface area contributed by atoms with Crippen molar-refractivity contribution in [3.8, 4) is 0 Å². The zero-order chi connectivity index (χ0) is 12.1. The first-order valence-corrected chi connectivity index (χ1v) is 4.77. The largest absolute Gasteiger partial charge is 0.466 e. The number of ether oxygens (including phenoxy) is 1. The van der Waals surface area contributed by atoms with Crippen molar-refractivity contribution in [3.05, 3.63) is 34.7 Å². The Morgan fingerprint density at radius 3 is 3.06 bits per heavy atom. The highest BCUT2D eigenvalue weighted by atomic mass is 16.5. The molecule has 0 radical (unpaired) electrons. The summed E-state index contributed by atoms with van der Waals surface area (Å²) in [6.07, 6.45) is 2.43. The van der Waals surface area contributed by atoms with Crippen molar-refractivity contribution in [2.45, 2.75) is 18.6 Å². The first-order valence-electron chi connectivity index (χ1n) is 4.77. The van der Waals surface area contributed by atoms with Gasteiger partial charge in [0.25, 0.3) is 0 Å². The minimum atomic E-state index is -0.846. The van der Waals surface area contributed by atoms with Gasteiger partial charge in [0.05, 0.1) is 19.3 Å². The second-order valence-electron chi connectivity index (χ2n) is 3.46. The average Bonchev–Trinajstić information content (AvgIpc) is 2.31. The van der Waals surface area contributed by atoms with Crippen molar-refractivity contribution in [1.82, 2.24) is 0 Å². The minimum absolute atomic E-state index is 0.183. The molecule has 1 aliphatic carbocycles. The molecule has 0 fully saturated rings. The normalized spacial score (nSPS) is 28.6. The maximum absolute atomic E-state index is 11.3. The van der Waals surface area contributed by atoms with Gasteiger partial charge >= 0.3 is 5.97 Å². The Kier molecular flexibility index (Phi) is 4.10. The van der Waals surface area contributed by atoms with Gasteiger partial charge in [-0.25, -0.2) is 4.79 Å². The van der Waals surface area contributed by atoms with Crippen LogP contribution in [0.4, 0.5) is 0 Å². The van der Waals surface area contributed by atoms with E-state index in [1.165, 1.54) is 13.2 Å². The van der Waals surface area contributed by atoms with E-state index in [9.17, 15) is 9.90 Å². The predicted molar refractivity (Wildman–Crippen MR) is 57.3 cm³/mol. The highest BCUT2D eigenvalue weighted by molar-refractivity contribution is 5.88. The summed E-state index contributed by atoms with van der Waals surface area (Å²) in [5.74, 6) is -0.879. The number of rotatable bonds is 3. The van der Waals surface area contributed by atoms with Gasteiger partial charge in [-0.1, -0.05) is 17.3 Å². The van der Waals surface area contributed by atoms with Crippen molar-refractivity contribution >= 4 is 5.97 Å². The van der Waals surface area contributed by atoms with E-state index in [0.29, 0.717) is 5.57 Å². The molecule has 1 rings (SSSR count). The number of nitrogens with zero attached hydrogens (tertiary/aromatic N) is 3. The number of methoxy groups -OCH3 is 1. The summed E-state index contributed by atoms with van der Waals surface area (Å²) in [5, 5.41) is 13.3. The van der Waals surface area contributed by atoms with Crippen LogP contribution in [-0.2, 0) is 9.53 Å². The van der Waals surface area contributed by atoms with Gasteiger partial charge in [-0.05, 0) is 12.0 Å². The van der Waals surface area contributed by atoms with Crippen LogP contribution in [0.1, 0.15) is 6.42 Å². The zero-order valence-electron chi connectivity index (χ0n) is 8.91. The van der Waals surface area contributed by atoms with E-state index in [4.69, 9.17) is 5.53 Å². The lowest BCUT2D eigenvalue weighted by Gasteiger charge is -2.28. The Morgan fingerprint density at radius 2 is 2.56 bits per heavy atom. The Labute approximate surface area is 92.8 Å². The number of hydrogen-bond donors (Lipinski definition) is 1. The molecule has 0 aliphatic heterocycles. The highest BCUT2D eigenvalue weighted by Gasteiger charge is 2.32. The molecule has 16 heavy (non-hydrogen) atoms. The first kappa shape index (κ1) is 12.3. The second kappa shape index (κ2) is 5.34. The average molecular weight is 223 g/mol. The lowest BCUT2D eigenvalue weighted by Crippen LogP contribution is -2.35. The smallest absolute Gasteiger partial charge is 0.333 e. The Bertz CT molecular complexity index is 372. The molecule has 0 bridgehead atoms. The summed E-state index contributed by atoms with van der Waals surface area (Å²) in [4.78, 5) is 14.0. The zero-order valence-corrected chi connectivity index (χ0v) is 8.91. The van der Waals surface area contributed by atoms with Crippen molar-refractivity contribution < 1.29 is 14.6 Å². The van der Waals surface area contributed by atoms with Gasteiger partial charge in [0, 0.05) is 16.4 Å². The molecule has 0 spiro atoms. The highest BCUT2D eigenvalue weighted by Crippen LogP contribution is 2.27. The number of carbonyl (C=O) groups excluding carboxylic acids is 1. The second-order valence-corrected chi connectivity index (χ2v) is 3.46. The van der Waals surface area contributed by atoms with Crippen molar-refractivity contribution in [3.63, 3.8) is 0 Å². The van der Waals surface area contributed by atoms with Crippen molar-refractivity contribution in [2.24, 2.45) is 11.0 Å². The molecule has 1 aliphatic rings. The fourth-order valence-electron chi connectivity index (χ4n) is 1.67. The number of aliphatic hydroxyl groups excluding tert-OH is 1. The minimum Gasteiger partial charge on any atom is -0.466 e. The number of carbonyl (C=O) groups is 1. The summed E-state index contributed by atoms with van der Waals surface area (Å²) in [5.41, 5.74) is 8.76. The summed E-state index contributed by atoms with van der Waals surface area (Å²) in [6.45, 7) is 3.56. The van der Waals surface area contributed by atoms with Crippen LogP contribution in [0.3, 0.4) is 0 Å². The van der Waals surface area contributed by atoms with E-state index in [1.54, 1.807) is 6.08 Å². The lowest BCUT2D eigenvalue weighted by atomic mass is 9.84. The quantitative estimate of drug-likeness (QED) is 0.257. The molecule has 0 aromatic carbocycles. The molecule has 6 nitrogen and oxygen atoms in total. The third kappa shape index (κ3) is 2.42. The molecule has 6 heteroatoms. The topological polar surface area (TPSA) is 95.3 Å². The summed E-state index contributed by atoms with van der Waals surface area (Å²) in [6, 6.07) is -0.660. The van der Waals surface area contributed by atoms with E-state index in [0.717, 1.165) is 0 Å².